The van der Waals surface area contributed by atoms with Crippen molar-refractivity contribution in [1.29, 1.82) is 0 Å². The fourth-order valence-electron chi connectivity index (χ4n) is 4.23. The van der Waals surface area contributed by atoms with Gasteiger partial charge in [0.25, 0.3) is 11.4 Å². The van der Waals surface area contributed by atoms with Crippen molar-refractivity contribution in [3.63, 3.8) is 0 Å². The second-order valence-electron chi connectivity index (χ2n) is 7.82. The Morgan fingerprint density at radius 1 is 0.657 bits per heavy atom. The van der Waals surface area contributed by atoms with E-state index in [0.717, 1.165) is 16.6 Å². The molecule has 0 amide bonds. The average Bonchev–Trinajstić information content (AvgIpc) is 3.27. The molecule has 0 radical (unpaired) electrons. The topological polar surface area (TPSA) is 91.2 Å². The van der Waals surface area contributed by atoms with Gasteiger partial charge in [0.05, 0.1) is 26.5 Å². The Labute approximate surface area is 216 Å². The summed E-state index contributed by atoms with van der Waals surface area (Å²) in [5.41, 5.74) is 3.54. The first-order chi connectivity index (χ1) is 16.8. The molecular formula is C26H15Br2N3O4. The molecule has 1 aromatic heterocycles. The van der Waals surface area contributed by atoms with Gasteiger partial charge in [0.15, 0.2) is 0 Å². The van der Waals surface area contributed by atoms with E-state index >= 15 is 0 Å². The Balaban J connectivity index is 1.90. The second-order valence-corrected chi connectivity index (χ2v) is 9.65. The zero-order valence-electron chi connectivity index (χ0n) is 17.9. The minimum absolute atomic E-state index is 0.0512. The highest BCUT2D eigenvalue weighted by atomic mass is 79.9. The lowest BCUT2D eigenvalue weighted by Crippen LogP contribution is -1.98. The van der Waals surface area contributed by atoms with Gasteiger partial charge in [0, 0.05) is 43.9 Å². The zero-order chi connectivity index (χ0) is 24.7. The molecule has 0 bridgehead atoms. The Bertz CT molecular complexity index is 1630. The molecule has 0 spiro atoms. The lowest BCUT2D eigenvalue weighted by Gasteiger charge is -2.14. The van der Waals surface area contributed by atoms with E-state index in [2.05, 4.69) is 31.9 Å². The molecule has 0 aliphatic rings. The molecule has 4 aromatic carbocycles. The Morgan fingerprint density at radius 2 is 1.26 bits per heavy atom. The normalized spacial score (nSPS) is 11.0. The molecule has 0 saturated carbocycles. The largest absolute Gasteiger partial charge is 0.316 e. The number of aromatic nitrogens is 1. The summed E-state index contributed by atoms with van der Waals surface area (Å²) in [5.74, 6) is 0. The highest BCUT2D eigenvalue weighted by Crippen LogP contribution is 2.42. The van der Waals surface area contributed by atoms with Gasteiger partial charge in [-0.1, -0.05) is 50.1 Å². The summed E-state index contributed by atoms with van der Waals surface area (Å²) < 4.78 is 3.34. The summed E-state index contributed by atoms with van der Waals surface area (Å²) in [4.78, 5) is 22.9. The van der Waals surface area contributed by atoms with Crippen LogP contribution in [-0.2, 0) is 0 Å². The molecular weight excluding hydrogens is 578 g/mol. The van der Waals surface area contributed by atoms with E-state index in [1.807, 2.05) is 53.2 Å². The summed E-state index contributed by atoms with van der Waals surface area (Å²) >= 11 is 6.85. The van der Waals surface area contributed by atoms with E-state index < -0.39 is 9.85 Å². The van der Waals surface area contributed by atoms with Gasteiger partial charge in [-0.2, -0.15) is 0 Å². The van der Waals surface area contributed by atoms with Gasteiger partial charge in [-0.25, -0.2) is 0 Å². The summed E-state index contributed by atoms with van der Waals surface area (Å²) in [6, 6.07) is 24.7. The predicted octanol–water partition coefficient (Wildman–Crippen LogP) is 8.31. The highest BCUT2D eigenvalue weighted by molar-refractivity contribution is 9.10. The fraction of sp³-hybridized carbons (Fsp3) is 0. The lowest BCUT2D eigenvalue weighted by atomic mass is 9.94. The lowest BCUT2D eigenvalue weighted by molar-refractivity contribution is -0.384. The smallest absolute Gasteiger partial charge is 0.277 e. The van der Waals surface area contributed by atoms with Gasteiger partial charge in [0.2, 0.25) is 0 Å². The SMILES string of the molecule is O=[N+]([O-])c1ccc(Br)cc1-c1cc(-c2cc(Br)ccc2[N+](=O)[O-])c2c(ccn2-c2ccccc2)c1. The van der Waals surface area contributed by atoms with Gasteiger partial charge in [-0.3, -0.25) is 20.2 Å². The number of benzene rings is 4. The maximum atomic E-state index is 12.0. The van der Waals surface area contributed by atoms with Crippen molar-refractivity contribution in [1.82, 2.24) is 4.57 Å². The summed E-state index contributed by atoms with van der Waals surface area (Å²) in [6.07, 6.45) is 1.90. The Morgan fingerprint density at radius 3 is 1.89 bits per heavy atom. The number of nitro benzene ring substituents is 2. The summed E-state index contributed by atoms with van der Waals surface area (Å²) in [7, 11) is 0. The van der Waals surface area contributed by atoms with E-state index in [9.17, 15) is 20.2 Å². The quantitative estimate of drug-likeness (QED) is 0.151. The van der Waals surface area contributed by atoms with Crippen LogP contribution >= 0.6 is 31.9 Å². The van der Waals surface area contributed by atoms with Crippen LogP contribution in [0.25, 0.3) is 38.8 Å². The fourth-order valence-corrected chi connectivity index (χ4v) is 4.95. The number of para-hydroxylation sites is 1. The van der Waals surface area contributed by atoms with E-state index in [-0.39, 0.29) is 11.4 Å². The van der Waals surface area contributed by atoms with Crippen LogP contribution in [0.5, 0.6) is 0 Å². The standard InChI is InChI=1S/C26H15Br2N3O4/c27-18-6-8-24(30(32)33)21(14-18)17-12-16-10-11-29(20-4-2-1-3-5-20)26(16)23(13-17)22-15-19(28)7-9-25(22)31(34)35/h1-15H. The molecule has 0 saturated heterocycles. The second kappa shape index (κ2) is 9.09. The molecule has 7 nitrogen and oxygen atoms in total. The molecule has 1 heterocycles. The van der Waals surface area contributed by atoms with Crippen molar-refractivity contribution in [2.75, 3.05) is 0 Å². The van der Waals surface area contributed by atoms with E-state index in [1.165, 1.54) is 12.1 Å². The van der Waals surface area contributed by atoms with Crippen LogP contribution < -0.4 is 0 Å². The Hall–Kier alpha value is -3.82. The number of halogens is 2. The van der Waals surface area contributed by atoms with Crippen molar-refractivity contribution in [2.45, 2.75) is 0 Å². The summed E-state index contributed by atoms with van der Waals surface area (Å²) in [6.45, 7) is 0. The first-order valence-electron chi connectivity index (χ1n) is 10.4. The van der Waals surface area contributed by atoms with Gasteiger partial charge in [-0.15, -0.1) is 0 Å². The maximum Gasteiger partial charge on any atom is 0.277 e. The highest BCUT2D eigenvalue weighted by Gasteiger charge is 2.23. The van der Waals surface area contributed by atoms with Crippen molar-refractivity contribution < 1.29 is 9.85 Å². The van der Waals surface area contributed by atoms with E-state index in [4.69, 9.17) is 0 Å². The van der Waals surface area contributed by atoms with Crippen LogP contribution in [0.1, 0.15) is 0 Å². The van der Waals surface area contributed by atoms with Crippen molar-refractivity contribution in [3.05, 3.63) is 120 Å². The third-order valence-corrected chi connectivity index (χ3v) is 6.72. The van der Waals surface area contributed by atoms with Crippen molar-refractivity contribution in [3.8, 4) is 27.9 Å². The van der Waals surface area contributed by atoms with Crippen molar-refractivity contribution >= 4 is 54.1 Å². The molecule has 0 aliphatic carbocycles. The molecule has 172 valence electrons. The average molecular weight is 593 g/mol. The van der Waals surface area contributed by atoms with E-state index in [1.54, 1.807) is 30.3 Å². The molecule has 9 heteroatoms. The number of rotatable bonds is 5. The first-order valence-corrected chi connectivity index (χ1v) is 12.0. The number of fused-ring (bicyclic) bond motifs is 1. The molecule has 0 fully saturated rings. The van der Waals surface area contributed by atoms with Crippen LogP contribution in [0, 0.1) is 20.2 Å². The molecule has 0 atom stereocenters. The van der Waals surface area contributed by atoms with Gasteiger partial charge in [0.1, 0.15) is 0 Å². The zero-order valence-corrected chi connectivity index (χ0v) is 21.1. The number of nitro groups is 2. The van der Waals surface area contributed by atoms with Crippen LogP contribution in [0.4, 0.5) is 11.4 Å². The third kappa shape index (κ3) is 4.24. The summed E-state index contributed by atoms with van der Waals surface area (Å²) in [5, 5.41) is 24.6. The van der Waals surface area contributed by atoms with Crippen LogP contribution in [0.2, 0.25) is 0 Å². The number of hydrogen-bond donors (Lipinski definition) is 0. The minimum Gasteiger partial charge on any atom is -0.316 e. The first kappa shape index (κ1) is 22.9. The molecule has 0 aliphatic heterocycles. The predicted molar refractivity (Wildman–Crippen MR) is 143 cm³/mol. The number of nitrogens with zero attached hydrogens (tertiary/aromatic N) is 3. The number of hydrogen-bond acceptors (Lipinski definition) is 4. The Kier molecular flexibility index (Phi) is 5.96. The van der Waals surface area contributed by atoms with Gasteiger partial charge >= 0.3 is 0 Å². The van der Waals surface area contributed by atoms with Crippen LogP contribution in [0.15, 0.2) is 100 Å². The van der Waals surface area contributed by atoms with Crippen LogP contribution in [0.3, 0.4) is 0 Å². The van der Waals surface area contributed by atoms with Gasteiger partial charge < -0.3 is 4.57 Å². The molecule has 35 heavy (non-hydrogen) atoms. The monoisotopic (exact) mass is 591 g/mol. The van der Waals surface area contributed by atoms with E-state index in [0.29, 0.717) is 31.2 Å². The molecule has 0 unspecified atom stereocenters. The molecule has 0 N–H and O–H groups in total. The van der Waals surface area contributed by atoms with Gasteiger partial charge in [-0.05, 0) is 60.2 Å². The molecule has 5 rings (SSSR count). The molecule has 5 aromatic rings. The third-order valence-electron chi connectivity index (χ3n) is 5.73. The van der Waals surface area contributed by atoms with Crippen molar-refractivity contribution in [2.24, 2.45) is 0 Å². The maximum absolute atomic E-state index is 12.0. The van der Waals surface area contributed by atoms with Crippen LogP contribution in [-0.4, -0.2) is 14.4 Å². The minimum atomic E-state index is -0.428.